The minimum atomic E-state index is -0.289. The van der Waals surface area contributed by atoms with E-state index in [1.807, 2.05) is 96.4 Å². The van der Waals surface area contributed by atoms with E-state index in [9.17, 15) is 4.79 Å². The van der Waals surface area contributed by atoms with Gasteiger partial charge in [-0.2, -0.15) is 5.10 Å². The molecule has 1 aliphatic rings. The predicted molar refractivity (Wildman–Crippen MR) is 184 cm³/mol. The van der Waals surface area contributed by atoms with Gasteiger partial charge in [0.05, 0.1) is 28.6 Å². The van der Waals surface area contributed by atoms with Crippen molar-refractivity contribution in [3.05, 3.63) is 125 Å². The molecule has 0 bridgehead atoms. The smallest absolute Gasteiger partial charge is 0.320 e. The Balaban J connectivity index is 1.10. The maximum absolute atomic E-state index is 13.5. The fraction of sp³-hybridized carbons (Fsp3) is 0.243. The molecule has 2 amide bonds. The minimum absolute atomic E-state index is 0.184. The maximum atomic E-state index is 13.5. The first-order valence-corrected chi connectivity index (χ1v) is 16.1. The Morgan fingerprint density at radius 2 is 1.66 bits per heavy atom. The van der Waals surface area contributed by atoms with Crippen LogP contribution in [0.25, 0.3) is 22.7 Å². The summed E-state index contributed by atoms with van der Waals surface area (Å²) in [5.41, 5.74) is 6.31. The number of rotatable bonds is 6. The van der Waals surface area contributed by atoms with Crippen LogP contribution in [0.1, 0.15) is 68.1 Å². The third-order valence-corrected chi connectivity index (χ3v) is 8.84. The zero-order chi connectivity index (χ0) is 32.7. The summed E-state index contributed by atoms with van der Waals surface area (Å²) in [7, 11) is 0. The number of halogens is 1. The number of nitrogens with one attached hydrogen (secondary N) is 2. The van der Waals surface area contributed by atoms with E-state index in [0.717, 1.165) is 40.1 Å². The molecule has 0 saturated carbocycles. The Hall–Kier alpha value is -5.15. The number of nitrogens with zero attached hydrogens (tertiary/aromatic N) is 5. The highest BCUT2D eigenvalue weighted by Crippen LogP contribution is 2.39. The van der Waals surface area contributed by atoms with Crippen LogP contribution in [-0.4, -0.2) is 30.4 Å². The van der Waals surface area contributed by atoms with Gasteiger partial charge in [-0.1, -0.05) is 86.5 Å². The lowest BCUT2D eigenvalue weighted by Gasteiger charge is -2.32. The van der Waals surface area contributed by atoms with Crippen LogP contribution in [0.4, 0.5) is 10.6 Å². The number of carbonyl (C=O) groups excluding carboxylic acids is 1. The molecular formula is C37H36ClN7O2. The van der Waals surface area contributed by atoms with Gasteiger partial charge in [0.15, 0.2) is 11.5 Å². The molecule has 2 atom stereocenters. The van der Waals surface area contributed by atoms with E-state index >= 15 is 0 Å². The quantitative estimate of drug-likeness (QED) is 0.189. The van der Waals surface area contributed by atoms with E-state index < -0.39 is 0 Å². The highest BCUT2D eigenvalue weighted by Gasteiger charge is 2.30. The molecule has 0 unspecified atom stereocenters. The molecule has 7 rings (SSSR count). The average Bonchev–Trinajstić information content (AvgIpc) is 3.67. The third-order valence-electron chi connectivity index (χ3n) is 8.51. The summed E-state index contributed by atoms with van der Waals surface area (Å²) >= 11 is 6.47. The van der Waals surface area contributed by atoms with Gasteiger partial charge in [-0.3, -0.25) is 9.72 Å². The fourth-order valence-electron chi connectivity index (χ4n) is 5.98. The van der Waals surface area contributed by atoms with Crippen molar-refractivity contribution in [2.45, 2.75) is 58.1 Å². The molecular weight excluding hydrogens is 610 g/mol. The van der Waals surface area contributed by atoms with Crippen molar-refractivity contribution in [1.29, 1.82) is 0 Å². The van der Waals surface area contributed by atoms with Gasteiger partial charge in [-0.15, -0.1) is 10.2 Å². The first kappa shape index (κ1) is 30.5. The van der Waals surface area contributed by atoms with Crippen molar-refractivity contribution >= 4 is 29.1 Å². The zero-order valence-corrected chi connectivity index (χ0v) is 27.5. The topological polar surface area (TPSA) is 98.4 Å². The molecule has 238 valence electrons. The lowest BCUT2D eigenvalue weighted by atomic mass is 9.85. The number of ether oxygens (including phenoxy) is 1. The van der Waals surface area contributed by atoms with E-state index in [0.29, 0.717) is 34.5 Å². The number of pyridine rings is 1. The second-order valence-corrected chi connectivity index (χ2v) is 13.4. The van der Waals surface area contributed by atoms with E-state index in [-0.39, 0.29) is 23.6 Å². The molecule has 9 nitrogen and oxygen atoms in total. The van der Waals surface area contributed by atoms with Gasteiger partial charge in [0, 0.05) is 17.0 Å². The van der Waals surface area contributed by atoms with E-state index in [4.69, 9.17) is 21.4 Å². The first-order valence-electron chi connectivity index (χ1n) is 15.7. The summed E-state index contributed by atoms with van der Waals surface area (Å²) in [5, 5.41) is 20.4. The molecule has 0 spiro atoms. The molecule has 0 aliphatic heterocycles. The van der Waals surface area contributed by atoms with Crippen LogP contribution in [-0.2, 0) is 5.41 Å². The normalized spacial score (nSPS) is 16.1. The molecule has 0 radical (unpaired) electrons. The van der Waals surface area contributed by atoms with Crippen molar-refractivity contribution < 1.29 is 9.53 Å². The van der Waals surface area contributed by atoms with Crippen LogP contribution < -0.4 is 15.4 Å². The van der Waals surface area contributed by atoms with Crippen molar-refractivity contribution in [3.8, 4) is 22.8 Å². The molecule has 3 aromatic heterocycles. The lowest BCUT2D eigenvalue weighted by molar-refractivity contribution is 0.171. The number of aromatic nitrogens is 5. The number of benzene rings is 3. The number of hydrogen-bond donors (Lipinski definition) is 2. The fourth-order valence-corrected chi connectivity index (χ4v) is 6.20. The monoisotopic (exact) mass is 645 g/mol. The Kier molecular flexibility index (Phi) is 7.93. The van der Waals surface area contributed by atoms with Gasteiger partial charge in [0.25, 0.3) is 0 Å². The molecule has 3 heterocycles. The van der Waals surface area contributed by atoms with Gasteiger partial charge in [-0.05, 0) is 67.3 Å². The number of carbonyl (C=O) groups is 1. The van der Waals surface area contributed by atoms with Gasteiger partial charge < -0.3 is 10.1 Å². The molecule has 6 aromatic rings. The number of urea groups is 1. The molecule has 47 heavy (non-hydrogen) atoms. The SMILES string of the molecule is Cc1ccc(-n2nc(C(C)(C)C)cc2NC(=O)N[C@H]2CC[C@@H](Oc3ccc4nnc(-c5ccccc5Cl)n4c3)c3ccccc32)cc1. The Morgan fingerprint density at radius 1 is 0.915 bits per heavy atom. The second kappa shape index (κ2) is 12.2. The number of amides is 2. The Morgan fingerprint density at radius 3 is 2.43 bits per heavy atom. The van der Waals surface area contributed by atoms with Crippen molar-refractivity contribution in [2.75, 3.05) is 5.32 Å². The van der Waals surface area contributed by atoms with Crippen molar-refractivity contribution in [3.63, 3.8) is 0 Å². The number of aryl methyl sites for hydroxylation is 1. The minimum Gasteiger partial charge on any atom is -0.484 e. The second-order valence-electron chi connectivity index (χ2n) is 13.0. The van der Waals surface area contributed by atoms with E-state index in [1.165, 1.54) is 0 Å². The molecule has 2 N–H and O–H groups in total. The highest BCUT2D eigenvalue weighted by atomic mass is 35.5. The van der Waals surface area contributed by atoms with Crippen LogP contribution >= 0.6 is 11.6 Å². The lowest BCUT2D eigenvalue weighted by Crippen LogP contribution is -2.36. The number of fused-ring (bicyclic) bond motifs is 2. The summed E-state index contributed by atoms with van der Waals surface area (Å²) in [6, 6.07) is 29.1. The molecule has 0 fully saturated rings. The summed E-state index contributed by atoms with van der Waals surface area (Å²) in [5.74, 6) is 1.95. The van der Waals surface area contributed by atoms with E-state index in [1.54, 1.807) is 4.68 Å². The van der Waals surface area contributed by atoms with Gasteiger partial charge in [0.1, 0.15) is 17.7 Å². The maximum Gasteiger partial charge on any atom is 0.320 e. The van der Waals surface area contributed by atoms with Crippen molar-refractivity contribution in [1.82, 2.24) is 29.7 Å². The highest BCUT2D eigenvalue weighted by molar-refractivity contribution is 6.33. The molecule has 0 saturated heterocycles. The summed E-state index contributed by atoms with van der Waals surface area (Å²) in [4.78, 5) is 13.5. The Labute approximate surface area is 278 Å². The predicted octanol–water partition coefficient (Wildman–Crippen LogP) is 8.62. The molecule has 10 heteroatoms. The molecule has 1 aliphatic carbocycles. The van der Waals surface area contributed by atoms with E-state index in [2.05, 4.69) is 53.7 Å². The summed E-state index contributed by atoms with van der Waals surface area (Å²) in [6.45, 7) is 8.38. The van der Waals surface area contributed by atoms with Crippen LogP contribution in [0, 0.1) is 6.92 Å². The third kappa shape index (κ3) is 6.18. The molecule has 3 aromatic carbocycles. The van der Waals surface area contributed by atoms with Gasteiger partial charge >= 0.3 is 6.03 Å². The van der Waals surface area contributed by atoms with Crippen molar-refractivity contribution in [2.24, 2.45) is 0 Å². The number of hydrogen-bond acceptors (Lipinski definition) is 5. The van der Waals surface area contributed by atoms with Gasteiger partial charge in [-0.25, -0.2) is 9.48 Å². The Bertz CT molecular complexity index is 2080. The average molecular weight is 646 g/mol. The summed E-state index contributed by atoms with van der Waals surface area (Å²) < 4.78 is 10.3. The first-order chi connectivity index (χ1) is 22.6. The van der Waals surface area contributed by atoms with Crippen LogP contribution in [0.2, 0.25) is 5.02 Å². The zero-order valence-electron chi connectivity index (χ0n) is 26.7. The van der Waals surface area contributed by atoms with Gasteiger partial charge in [0.2, 0.25) is 0 Å². The number of anilines is 1. The largest absolute Gasteiger partial charge is 0.484 e. The van der Waals surface area contributed by atoms with Crippen LogP contribution in [0.3, 0.4) is 0 Å². The standard InChI is InChI=1S/C37H36ClN7O2/c1-23-13-15-24(16-14-23)45-34(21-32(43-45)37(2,3)4)40-36(46)39-30-18-19-31(27-10-6-5-9-26(27)30)47-25-17-20-33-41-42-35(44(33)22-25)28-11-7-8-12-29(28)38/h5-17,20-22,30-31H,18-19H2,1-4H3,(H2,39,40,46)/t30-,31+/m0/s1. The van der Waals surface area contributed by atoms with Crippen LogP contribution in [0.15, 0.2) is 97.2 Å². The van der Waals surface area contributed by atoms with Crippen LogP contribution in [0.5, 0.6) is 5.75 Å². The summed E-state index contributed by atoms with van der Waals surface area (Å²) in [6.07, 6.45) is 3.13.